The van der Waals surface area contributed by atoms with Crippen molar-refractivity contribution in [2.24, 2.45) is 0 Å². The summed E-state index contributed by atoms with van der Waals surface area (Å²) in [6.45, 7) is 0. The number of nitriles is 1. The topological polar surface area (TPSA) is 65.4 Å². The second-order valence-corrected chi connectivity index (χ2v) is 2.07. The summed E-state index contributed by atoms with van der Waals surface area (Å²) in [5.41, 5.74) is 1.24. The molecule has 68 valence electrons. The van der Waals surface area contributed by atoms with Gasteiger partial charge in [0.05, 0.1) is 5.56 Å². The molecule has 2 rings (SSSR count). The second-order valence-electron chi connectivity index (χ2n) is 2.07. The van der Waals surface area contributed by atoms with Gasteiger partial charge in [0.2, 0.25) is 0 Å². The first-order valence-electron chi connectivity index (χ1n) is 3.10. The summed E-state index contributed by atoms with van der Waals surface area (Å²) in [5, 5.41) is 8.59. The summed E-state index contributed by atoms with van der Waals surface area (Å²) in [5.74, 6) is 0.587. The standard InChI is InChI=1S/C7H4N4.2ClH/c8-3-5-4-11-7-6(5)9-1-2-10-7;;/h1-2,4,9H;2*1H. The Morgan fingerprint density at radius 3 is 2.77 bits per heavy atom. The van der Waals surface area contributed by atoms with Gasteiger partial charge >= 0.3 is 0 Å². The van der Waals surface area contributed by atoms with Gasteiger partial charge in [0, 0.05) is 18.6 Å². The number of hydrogen-bond donors (Lipinski definition) is 1. The Kier molecular flexibility index (Phi) is 4.18. The predicted molar refractivity (Wildman–Crippen MR) is 52.2 cm³/mol. The average molecular weight is 217 g/mol. The van der Waals surface area contributed by atoms with E-state index < -0.39 is 0 Å². The maximum atomic E-state index is 8.59. The minimum absolute atomic E-state index is 0. The first kappa shape index (κ1) is 11.7. The van der Waals surface area contributed by atoms with Crippen LogP contribution in [-0.2, 0) is 0 Å². The van der Waals surface area contributed by atoms with E-state index in [-0.39, 0.29) is 24.8 Å². The number of nitrogens with one attached hydrogen (secondary N) is 1. The summed E-state index contributed by atoms with van der Waals surface area (Å²) in [6.07, 6.45) is 4.79. The van der Waals surface area contributed by atoms with Gasteiger partial charge in [-0.25, -0.2) is 9.97 Å². The molecule has 0 aliphatic carbocycles. The lowest BCUT2D eigenvalue weighted by molar-refractivity contribution is 1.16. The number of H-pyrrole nitrogens is 1. The number of aromatic nitrogens is 3. The highest BCUT2D eigenvalue weighted by atomic mass is 35.5. The van der Waals surface area contributed by atoms with Gasteiger partial charge in [-0.1, -0.05) is 0 Å². The van der Waals surface area contributed by atoms with Gasteiger partial charge in [-0.2, -0.15) is 5.26 Å². The Morgan fingerprint density at radius 2 is 2.08 bits per heavy atom. The van der Waals surface area contributed by atoms with Crippen LogP contribution in [0.4, 0.5) is 0 Å². The molecule has 2 aliphatic heterocycles. The number of hydrogen-bond acceptors (Lipinski definition) is 3. The Bertz CT molecular complexity index is 392. The smallest absolute Gasteiger partial charge is 0.177 e. The van der Waals surface area contributed by atoms with Crippen LogP contribution in [0.3, 0.4) is 0 Å². The summed E-state index contributed by atoms with van der Waals surface area (Å²) < 4.78 is 0. The minimum atomic E-state index is 0. The number of rotatable bonds is 0. The van der Waals surface area contributed by atoms with Crippen molar-refractivity contribution in [2.75, 3.05) is 0 Å². The molecule has 2 aliphatic rings. The van der Waals surface area contributed by atoms with Crippen LogP contribution < -0.4 is 0 Å². The number of halogens is 2. The highest BCUT2D eigenvalue weighted by Gasteiger charge is 2.10. The van der Waals surface area contributed by atoms with Crippen LogP contribution in [-0.4, -0.2) is 15.0 Å². The van der Waals surface area contributed by atoms with Crippen LogP contribution in [0.2, 0.25) is 0 Å². The van der Waals surface area contributed by atoms with Crippen LogP contribution in [0.5, 0.6) is 0 Å². The predicted octanol–water partition coefficient (Wildman–Crippen LogP) is 1.62. The first-order chi connectivity index (χ1) is 5.42. The fraction of sp³-hybridized carbons (Fsp3) is 0. The molecule has 0 atom stereocenters. The molecule has 0 amide bonds. The van der Waals surface area contributed by atoms with Crippen LogP contribution in [0, 0.1) is 11.3 Å². The van der Waals surface area contributed by atoms with Crippen LogP contribution >= 0.6 is 24.8 Å². The normalized spacial score (nSPS) is 8.23. The molecular weight excluding hydrogens is 211 g/mol. The van der Waals surface area contributed by atoms with Gasteiger partial charge in [-0.15, -0.1) is 24.8 Å². The molecule has 0 saturated carbocycles. The van der Waals surface area contributed by atoms with Gasteiger partial charge in [0.25, 0.3) is 0 Å². The van der Waals surface area contributed by atoms with E-state index in [1.54, 1.807) is 12.4 Å². The third kappa shape index (κ3) is 1.89. The highest BCUT2D eigenvalue weighted by molar-refractivity contribution is 5.85. The molecule has 0 spiro atoms. The quantitative estimate of drug-likeness (QED) is 0.729. The van der Waals surface area contributed by atoms with E-state index in [0.29, 0.717) is 17.1 Å². The Hall–Kier alpha value is -1.31. The molecule has 0 fully saturated rings. The van der Waals surface area contributed by atoms with Gasteiger partial charge in [-0.05, 0) is 0 Å². The van der Waals surface area contributed by atoms with E-state index in [2.05, 4.69) is 15.0 Å². The van der Waals surface area contributed by atoms with E-state index in [1.807, 2.05) is 6.07 Å². The number of nitrogens with zero attached hydrogens (tertiary/aromatic N) is 3. The molecule has 2 heterocycles. The fourth-order valence-electron chi connectivity index (χ4n) is 0.929. The fourth-order valence-corrected chi connectivity index (χ4v) is 0.929. The van der Waals surface area contributed by atoms with Crippen molar-refractivity contribution >= 4 is 24.8 Å². The van der Waals surface area contributed by atoms with Crippen molar-refractivity contribution in [1.29, 1.82) is 5.26 Å². The summed E-state index contributed by atoms with van der Waals surface area (Å²) in [6, 6.07) is 2.02. The molecule has 0 aromatic heterocycles. The minimum Gasteiger partial charge on any atom is -0.356 e. The van der Waals surface area contributed by atoms with Gasteiger partial charge in [-0.3, -0.25) is 0 Å². The van der Waals surface area contributed by atoms with Gasteiger partial charge in [0.15, 0.2) is 5.82 Å². The first-order valence-corrected chi connectivity index (χ1v) is 3.10. The summed E-state index contributed by atoms with van der Waals surface area (Å²) in [4.78, 5) is 10.8. The molecule has 0 aromatic rings. The van der Waals surface area contributed by atoms with Crippen LogP contribution in [0.15, 0.2) is 18.6 Å². The molecule has 0 aromatic carbocycles. The largest absolute Gasteiger partial charge is 0.356 e. The molecule has 0 radical (unpaired) electrons. The van der Waals surface area contributed by atoms with Crippen molar-refractivity contribution < 1.29 is 0 Å². The maximum Gasteiger partial charge on any atom is 0.177 e. The van der Waals surface area contributed by atoms with Crippen LogP contribution in [0.25, 0.3) is 11.5 Å². The lowest BCUT2D eigenvalue weighted by Crippen LogP contribution is -1.86. The van der Waals surface area contributed by atoms with E-state index in [9.17, 15) is 0 Å². The highest BCUT2D eigenvalue weighted by Crippen LogP contribution is 2.17. The Balaban J connectivity index is 0.000000720. The molecular formula is C7H6Cl2N4. The molecule has 0 saturated heterocycles. The lowest BCUT2D eigenvalue weighted by Gasteiger charge is -1.93. The molecule has 0 unspecified atom stereocenters. The van der Waals surface area contributed by atoms with Crippen molar-refractivity contribution in [3.8, 4) is 17.6 Å². The van der Waals surface area contributed by atoms with E-state index in [1.165, 1.54) is 6.20 Å². The van der Waals surface area contributed by atoms with Crippen molar-refractivity contribution in [2.45, 2.75) is 0 Å². The van der Waals surface area contributed by atoms with Crippen molar-refractivity contribution in [3.05, 3.63) is 24.2 Å². The Morgan fingerprint density at radius 1 is 1.31 bits per heavy atom. The zero-order chi connectivity index (χ0) is 7.68. The van der Waals surface area contributed by atoms with Crippen molar-refractivity contribution in [1.82, 2.24) is 15.0 Å². The van der Waals surface area contributed by atoms with Crippen molar-refractivity contribution in [3.63, 3.8) is 0 Å². The molecule has 13 heavy (non-hydrogen) atoms. The second kappa shape index (κ2) is 4.65. The third-order valence-electron chi connectivity index (χ3n) is 1.43. The number of fused-ring (bicyclic) bond motifs is 1. The zero-order valence-electron chi connectivity index (χ0n) is 6.39. The van der Waals surface area contributed by atoms with E-state index >= 15 is 0 Å². The molecule has 1 N–H and O–H groups in total. The van der Waals surface area contributed by atoms with Gasteiger partial charge < -0.3 is 4.98 Å². The summed E-state index contributed by atoms with van der Waals surface area (Å²) >= 11 is 0. The SMILES string of the molecule is Cl.Cl.N#Cc1cnc2ncc[nH]c1-2. The lowest BCUT2D eigenvalue weighted by atomic mass is 10.3. The monoisotopic (exact) mass is 216 g/mol. The summed E-state index contributed by atoms with van der Waals surface area (Å²) in [7, 11) is 0. The Labute approximate surface area is 87.2 Å². The average Bonchev–Trinajstić information content (AvgIpc) is 2.47. The van der Waals surface area contributed by atoms with Crippen LogP contribution in [0.1, 0.15) is 5.56 Å². The zero-order valence-corrected chi connectivity index (χ0v) is 8.02. The number of aromatic amines is 1. The molecule has 0 bridgehead atoms. The van der Waals surface area contributed by atoms with Gasteiger partial charge in [0.1, 0.15) is 11.8 Å². The third-order valence-corrected chi connectivity index (χ3v) is 1.43. The molecule has 6 heteroatoms. The van der Waals surface area contributed by atoms with E-state index in [0.717, 1.165) is 0 Å². The maximum absolute atomic E-state index is 8.59. The van der Waals surface area contributed by atoms with E-state index in [4.69, 9.17) is 5.26 Å². The molecule has 4 nitrogen and oxygen atoms in total.